The summed E-state index contributed by atoms with van der Waals surface area (Å²) < 4.78 is 6.00. The van der Waals surface area contributed by atoms with Crippen LogP contribution in [0.15, 0.2) is 12.7 Å². The van der Waals surface area contributed by atoms with E-state index in [0.717, 1.165) is 30.8 Å². The summed E-state index contributed by atoms with van der Waals surface area (Å²) in [7, 11) is 0. The molecule has 0 radical (unpaired) electrons. The number of ether oxygens (including phenoxy) is 1. The van der Waals surface area contributed by atoms with Crippen LogP contribution in [0.2, 0.25) is 0 Å². The van der Waals surface area contributed by atoms with Crippen molar-refractivity contribution in [2.75, 3.05) is 6.61 Å². The van der Waals surface area contributed by atoms with Crippen molar-refractivity contribution in [3.63, 3.8) is 0 Å². The summed E-state index contributed by atoms with van der Waals surface area (Å²) in [6.07, 6.45) is 7.39. The van der Waals surface area contributed by atoms with E-state index in [4.69, 9.17) is 4.74 Å². The number of hydrogen-bond acceptors (Lipinski definition) is 1. The van der Waals surface area contributed by atoms with Crippen LogP contribution in [-0.4, -0.2) is 12.7 Å². The summed E-state index contributed by atoms with van der Waals surface area (Å²) >= 11 is 0. The van der Waals surface area contributed by atoms with Crippen LogP contribution in [0, 0.1) is 17.8 Å². The van der Waals surface area contributed by atoms with Gasteiger partial charge in [0.15, 0.2) is 0 Å². The van der Waals surface area contributed by atoms with Gasteiger partial charge in [0.2, 0.25) is 0 Å². The van der Waals surface area contributed by atoms with Crippen LogP contribution >= 0.6 is 0 Å². The fourth-order valence-corrected chi connectivity index (χ4v) is 2.61. The molecule has 3 atom stereocenters. The lowest BCUT2D eigenvalue weighted by molar-refractivity contribution is -0.0363. The highest BCUT2D eigenvalue weighted by atomic mass is 16.5. The lowest BCUT2D eigenvalue weighted by atomic mass is 9.75. The Balaban J connectivity index is 2.42. The predicted molar refractivity (Wildman–Crippen MR) is 65.9 cm³/mol. The summed E-state index contributed by atoms with van der Waals surface area (Å²) in [5.74, 6) is 2.37. The van der Waals surface area contributed by atoms with Crippen LogP contribution in [-0.2, 0) is 4.74 Å². The Hall–Kier alpha value is -0.300. The maximum atomic E-state index is 6.00. The molecule has 0 heterocycles. The molecular weight excluding hydrogens is 184 g/mol. The first kappa shape index (κ1) is 12.8. The monoisotopic (exact) mass is 210 g/mol. The number of hydrogen-bond donors (Lipinski definition) is 0. The standard InChI is InChI=1S/C14H26O/c1-5-6-9-15-14-10-12(4)7-8-13(14)11(2)3/h5,11-14H,1,6-10H2,2-4H3/t12?,13-,14+/m0/s1. The van der Waals surface area contributed by atoms with Gasteiger partial charge in [-0.3, -0.25) is 0 Å². The van der Waals surface area contributed by atoms with E-state index in [1.165, 1.54) is 19.3 Å². The molecule has 15 heavy (non-hydrogen) atoms. The molecule has 1 aliphatic carbocycles. The minimum atomic E-state index is 0.494. The molecule has 0 aromatic rings. The van der Waals surface area contributed by atoms with Crippen molar-refractivity contribution in [2.45, 2.75) is 52.6 Å². The highest BCUT2D eigenvalue weighted by Gasteiger charge is 2.30. The third kappa shape index (κ3) is 3.98. The average Bonchev–Trinajstić information content (AvgIpc) is 2.18. The minimum absolute atomic E-state index is 0.494. The van der Waals surface area contributed by atoms with Gasteiger partial charge in [0.25, 0.3) is 0 Å². The molecule has 1 nitrogen and oxygen atoms in total. The van der Waals surface area contributed by atoms with Gasteiger partial charge in [0.1, 0.15) is 0 Å². The van der Waals surface area contributed by atoms with Crippen molar-refractivity contribution in [1.82, 2.24) is 0 Å². The Bertz CT molecular complexity index is 186. The molecule has 1 aliphatic rings. The topological polar surface area (TPSA) is 9.23 Å². The molecule has 0 bridgehead atoms. The van der Waals surface area contributed by atoms with Crippen molar-refractivity contribution >= 4 is 0 Å². The molecule has 1 fully saturated rings. The summed E-state index contributed by atoms with van der Waals surface area (Å²) in [5.41, 5.74) is 0. The first-order valence-corrected chi connectivity index (χ1v) is 6.37. The third-order valence-corrected chi connectivity index (χ3v) is 3.62. The zero-order valence-electron chi connectivity index (χ0n) is 10.5. The molecule has 1 saturated carbocycles. The van der Waals surface area contributed by atoms with Gasteiger partial charge in [-0.15, -0.1) is 6.58 Å². The third-order valence-electron chi connectivity index (χ3n) is 3.62. The predicted octanol–water partition coefficient (Wildman–Crippen LogP) is 4.04. The summed E-state index contributed by atoms with van der Waals surface area (Å²) in [4.78, 5) is 0. The summed E-state index contributed by atoms with van der Waals surface area (Å²) in [6, 6.07) is 0. The summed E-state index contributed by atoms with van der Waals surface area (Å²) in [6.45, 7) is 11.6. The van der Waals surface area contributed by atoms with Gasteiger partial charge in [-0.1, -0.05) is 33.3 Å². The van der Waals surface area contributed by atoms with Gasteiger partial charge in [-0.25, -0.2) is 0 Å². The second-order valence-electron chi connectivity index (χ2n) is 5.31. The van der Waals surface area contributed by atoms with Gasteiger partial charge >= 0.3 is 0 Å². The summed E-state index contributed by atoms with van der Waals surface area (Å²) in [5, 5.41) is 0. The maximum Gasteiger partial charge on any atom is 0.0608 e. The van der Waals surface area contributed by atoms with Gasteiger partial charge in [-0.2, -0.15) is 0 Å². The van der Waals surface area contributed by atoms with E-state index in [1.807, 2.05) is 6.08 Å². The van der Waals surface area contributed by atoms with Gasteiger partial charge in [-0.05, 0) is 37.0 Å². The zero-order valence-corrected chi connectivity index (χ0v) is 10.5. The highest BCUT2D eigenvalue weighted by molar-refractivity contribution is 4.81. The van der Waals surface area contributed by atoms with Crippen molar-refractivity contribution in [3.8, 4) is 0 Å². The fraction of sp³-hybridized carbons (Fsp3) is 0.857. The molecule has 0 aliphatic heterocycles. The number of rotatable bonds is 5. The molecule has 0 spiro atoms. The molecular formula is C14H26O. The smallest absolute Gasteiger partial charge is 0.0608 e. The molecule has 0 saturated heterocycles. The lowest BCUT2D eigenvalue weighted by Gasteiger charge is -2.37. The molecule has 1 rings (SSSR count). The first-order chi connectivity index (χ1) is 7.15. The van der Waals surface area contributed by atoms with Crippen molar-refractivity contribution < 1.29 is 4.74 Å². The van der Waals surface area contributed by atoms with E-state index < -0.39 is 0 Å². The van der Waals surface area contributed by atoms with Gasteiger partial charge in [0, 0.05) is 0 Å². The second-order valence-corrected chi connectivity index (χ2v) is 5.31. The maximum absolute atomic E-state index is 6.00. The van der Waals surface area contributed by atoms with E-state index >= 15 is 0 Å². The van der Waals surface area contributed by atoms with Crippen molar-refractivity contribution in [1.29, 1.82) is 0 Å². The van der Waals surface area contributed by atoms with E-state index in [0.29, 0.717) is 6.10 Å². The van der Waals surface area contributed by atoms with E-state index in [1.54, 1.807) is 0 Å². The zero-order chi connectivity index (χ0) is 11.3. The fourth-order valence-electron chi connectivity index (χ4n) is 2.61. The largest absolute Gasteiger partial charge is 0.378 e. The van der Waals surface area contributed by atoms with Crippen LogP contribution < -0.4 is 0 Å². The lowest BCUT2D eigenvalue weighted by Crippen LogP contribution is -2.34. The van der Waals surface area contributed by atoms with E-state index in [2.05, 4.69) is 27.4 Å². The Morgan fingerprint density at radius 3 is 2.73 bits per heavy atom. The molecule has 0 aromatic heterocycles. The minimum Gasteiger partial charge on any atom is -0.378 e. The van der Waals surface area contributed by atoms with Crippen molar-refractivity contribution in [2.24, 2.45) is 17.8 Å². The van der Waals surface area contributed by atoms with E-state index in [9.17, 15) is 0 Å². The SMILES string of the molecule is C=CCCO[C@@H]1CC(C)CC[C@H]1C(C)C. The molecule has 1 unspecified atom stereocenters. The molecule has 0 aromatic carbocycles. The molecule has 0 amide bonds. The first-order valence-electron chi connectivity index (χ1n) is 6.37. The second kappa shape index (κ2) is 6.32. The Kier molecular flexibility index (Phi) is 5.38. The van der Waals surface area contributed by atoms with Crippen molar-refractivity contribution in [3.05, 3.63) is 12.7 Å². The Morgan fingerprint density at radius 1 is 1.40 bits per heavy atom. The average molecular weight is 210 g/mol. The van der Waals surface area contributed by atoms with Crippen LogP contribution in [0.25, 0.3) is 0 Å². The Labute approximate surface area is 94.9 Å². The molecule has 1 heteroatoms. The normalized spacial score (nSPS) is 31.9. The molecule has 88 valence electrons. The van der Waals surface area contributed by atoms with Gasteiger partial charge in [0.05, 0.1) is 12.7 Å². The highest BCUT2D eigenvalue weighted by Crippen LogP contribution is 2.35. The van der Waals surface area contributed by atoms with Crippen LogP contribution in [0.4, 0.5) is 0 Å². The van der Waals surface area contributed by atoms with Gasteiger partial charge < -0.3 is 4.74 Å². The molecule has 0 N–H and O–H groups in total. The van der Waals surface area contributed by atoms with Crippen LogP contribution in [0.3, 0.4) is 0 Å². The van der Waals surface area contributed by atoms with E-state index in [-0.39, 0.29) is 0 Å². The quantitative estimate of drug-likeness (QED) is 0.491. The van der Waals surface area contributed by atoms with Crippen LogP contribution in [0.5, 0.6) is 0 Å². The van der Waals surface area contributed by atoms with Crippen LogP contribution in [0.1, 0.15) is 46.5 Å². The Morgan fingerprint density at radius 2 is 2.13 bits per heavy atom.